The van der Waals surface area contributed by atoms with Gasteiger partial charge in [0.2, 0.25) is 5.91 Å². The van der Waals surface area contributed by atoms with E-state index < -0.39 is 11.7 Å². The normalized spacial score (nSPS) is 15.0. The number of carbonyl (C=O) groups excluding carboxylic acids is 1. The molecule has 0 atom stereocenters. The summed E-state index contributed by atoms with van der Waals surface area (Å²) in [6.45, 7) is 1.13. The summed E-state index contributed by atoms with van der Waals surface area (Å²) in [5, 5.41) is 15.0. The van der Waals surface area contributed by atoms with Crippen molar-refractivity contribution in [2.24, 2.45) is 0 Å². The van der Waals surface area contributed by atoms with Crippen LogP contribution in [0.3, 0.4) is 0 Å². The average Bonchev–Trinajstić information content (AvgIpc) is 3.19. The Bertz CT molecular complexity index is 885. The number of amides is 1. The van der Waals surface area contributed by atoms with Crippen molar-refractivity contribution in [2.45, 2.75) is 56.0 Å². The van der Waals surface area contributed by atoms with Gasteiger partial charge in [0.1, 0.15) is 0 Å². The van der Waals surface area contributed by atoms with Crippen molar-refractivity contribution in [2.75, 3.05) is 31.3 Å². The number of alkyl halides is 3. The molecule has 1 aromatic heterocycles. The highest BCUT2D eigenvalue weighted by molar-refractivity contribution is 7.99. The number of benzene rings is 1. The van der Waals surface area contributed by atoms with Crippen molar-refractivity contribution in [1.82, 2.24) is 20.1 Å². The Balaban J connectivity index is 1.70. The number of nitrogens with one attached hydrogen (secondary N) is 2. The lowest BCUT2D eigenvalue weighted by Gasteiger charge is -2.25. The van der Waals surface area contributed by atoms with Crippen LogP contribution in [0.4, 0.5) is 18.9 Å². The molecule has 2 aromatic rings. The van der Waals surface area contributed by atoms with Crippen molar-refractivity contribution < 1.29 is 22.7 Å². The van der Waals surface area contributed by atoms with E-state index in [1.807, 2.05) is 4.57 Å². The van der Waals surface area contributed by atoms with Crippen LogP contribution in [0, 0.1) is 0 Å². The molecule has 11 heteroatoms. The molecule has 2 N–H and O–H groups in total. The van der Waals surface area contributed by atoms with Gasteiger partial charge in [-0.15, -0.1) is 10.2 Å². The Kier molecular flexibility index (Phi) is 8.80. The number of anilines is 1. The molecule has 1 heterocycles. The summed E-state index contributed by atoms with van der Waals surface area (Å²) in [5.74, 6) is 0.737. The van der Waals surface area contributed by atoms with Gasteiger partial charge in [-0.1, -0.05) is 37.1 Å². The average molecular weight is 472 g/mol. The highest BCUT2D eigenvalue weighted by atomic mass is 32.2. The molecule has 7 nitrogen and oxygen atoms in total. The highest BCUT2D eigenvalue weighted by Crippen LogP contribution is 2.33. The molecule has 1 aliphatic carbocycles. The van der Waals surface area contributed by atoms with Crippen LogP contribution in [0.15, 0.2) is 29.4 Å². The minimum Gasteiger partial charge on any atom is -0.383 e. The van der Waals surface area contributed by atoms with E-state index in [4.69, 9.17) is 4.74 Å². The first-order valence-electron chi connectivity index (χ1n) is 10.6. The van der Waals surface area contributed by atoms with E-state index in [9.17, 15) is 18.0 Å². The van der Waals surface area contributed by atoms with E-state index in [-0.39, 0.29) is 24.2 Å². The van der Waals surface area contributed by atoms with Crippen LogP contribution in [0.1, 0.15) is 49.5 Å². The maximum Gasteiger partial charge on any atom is 0.416 e. The molecule has 0 aliphatic heterocycles. The lowest BCUT2D eigenvalue weighted by molar-refractivity contribution is -0.137. The minimum absolute atomic E-state index is 0.117. The Hall–Kier alpha value is -2.27. The van der Waals surface area contributed by atoms with E-state index in [1.54, 1.807) is 13.2 Å². The molecule has 0 spiro atoms. The first-order valence-corrected chi connectivity index (χ1v) is 11.6. The van der Waals surface area contributed by atoms with Gasteiger partial charge in [-0.3, -0.25) is 4.79 Å². The third-order valence-electron chi connectivity index (χ3n) is 5.28. The van der Waals surface area contributed by atoms with Crippen molar-refractivity contribution in [3.8, 4) is 0 Å². The van der Waals surface area contributed by atoms with E-state index in [1.165, 1.54) is 24.2 Å². The molecule has 32 heavy (non-hydrogen) atoms. The van der Waals surface area contributed by atoms with Gasteiger partial charge in [0.15, 0.2) is 11.0 Å². The van der Waals surface area contributed by atoms with E-state index >= 15 is 0 Å². The van der Waals surface area contributed by atoms with Gasteiger partial charge in [0.05, 0.1) is 24.5 Å². The molecule has 0 saturated heterocycles. The fourth-order valence-corrected chi connectivity index (χ4v) is 4.55. The molecule has 1 aliphatic rings. The fourth-order valence-electron chi connectivity index (χ4n) is 3.69. The number of thioether (sulfide) groups is 1. The number of rotatable bonds is 10. The third-order valence-corrected chi connectivity index (χ3v) is 6.22. The summed E-state index contributed by atoms with van der Waals surface area (Å²) < 4.78 is 46.0. The fraction of sp³-hybridized carbons (Fsp3) is 0.571. The maximum atomic E-state index is 13.0. The molecule has 1 amide bonds. The standard InChI is InChI=1S/C21H28F3N5O2S/c1-31-11-10-25-19(30)14-32-20-28-27-18(29(20)17-8-3-2-4-9-17)13-26-16-7-5-6-15(12-16)21(22,23)24/h5-7,12,17,26H,2-4,8-11,13-14H2,1H3,(H,25,30). The zero-order chi connectivity index (χ0) is 23.0. The molecule has 1 fully saturated rings. The number of methoxy groups -OCH3 is 1. The monoisotopic (exact) mass is 471 g/mol. The number of aromatic nitrogens is 3. The predicted molar refractivity (Wildman–Crippen MR) is 117 cm³/mol. The van der Waals surface area contributed by atoms with E-state index in [2.05, 4.69) is 20.8 Å². The van der Waals surface area contributed by atoms with Crippen molar-refractivity contribution in [3.05, 3.63) is 35.7 Å². The summed E-state index contributed by atoms with van der Waals surface area (Å²) in [5.41, 5.74) is -0.336. The van der Waals surface area contributed by atoms with Crippen LogP contribution >= 0.6 is 11.8 Å². The second kappa shape index (κ2) is 11.6. The smallest absolute Gasteiger partial charge is 0.383 e. The van der Waals surface area contributed by atoms with Gasteiger partial charge in [0.25, 0.3) is 0 Å². The SMILES string of the molecule is COCCNC(=O)CSc1nnc(CNc2cccc(C(F)(F)F)c2)n1C1CCCCC1. The molecule has 0 radical (unpaired) electrons. The Labute approximate surface area is 189 Å². The van der Waals surface area contributed by atoms with Gasteiger partial charge < -0.3 is 19.9 Å². The molecular formula is C21H28F3N5O2S. The number of ether oxygens (including phenoxy) is 1. The molecule has 1 aromatic carbocycles. The van der Waals surface area contributed by atoms with Crippen LogP contribution in [0.5, 0.6) is 0 Å². The number of carbonyl (C=O) groups is 1. The topological polar surface area (TPSA) is 81.1 Å². The number of hydrogen-bond donors (Lipinski definition) is 2. The molecule has 0 unspecified atom stereocenters. The maximum absolute atomic E-state index is 13.0. The first-order chi connectivity index (χ1) is 15.4. The van der Waals surface area contributed by atoms with Crippen LogP contribution < -0.4 is 10.6 Å². The van der Waals surface area contributed by atoms with Gasteiger partial charge in [0, 0.05) is 25.4 Å². The quantitative estimate of drug-likeness (QED) is 0.398. The van der Waals surface area contributed by atoms with Crippen LogP contribution in [0.2, 0.25) is 0 Å². The van der Waals surface area contributed by atoms with Gasteiger partial charge in [-0.05, 0) is 31.0 Å². The second-order valence-electron chi connectivity index (χ2n) is 7.62. The first kappa shape index (κ1) is 24.4. The van der Waals surface area contributed by atoms with Crippen molar-refractivity contribution >= 4 is 23.4 Å². The van der Waals surface area contributed by atoms with Gasteiger partial charge >= 0.3 is 6.18 Å². The number of hydrogen-bond acceptors (Lipinski definition) is 6. The Morgan fingerprint density at radius 2 is 2.03 bits per heavy atom. The zero-order valence-electron chi connectivity index (χ0n) is 18.0. The third kappa shape index (κ3) is 6.86. The summed E-state index contributed by atoms with van der Waals surface area (Å²) in [7, 11) is 1.57. The number of nitrogens with zero attached hydrogens (tertiary/aromatic N) is 3. The summed E-state index contributed by atoms with van der Waals surface area (Å²) in [4.78, 5) is 12.1. The highest BCUT2D eigenvalue weighted by Gasteiger charge is 2.30. The van der Waals surface area contributed by atoms with Crippen LogP contribution in [-0.2, 0) is 22.3 Å². The zero-order valence-corrected chi connectivity index (χ0v) is 18.8. The van der Waals surface area contributed by atoms with Crippen molar-refractivity contribution in [3.63, 3.8) is 0 Å². The largest absolute Gasteiger partial charge is 0.416 e. The van der Waals surface area contributed by atoms with Gasteiger partial charge in [-0.2, -0.15) is 13.2 Å². The molecule has 176 valence electrons. The van der Waals surface area contributed by atoms with Crippen molar-refractivity contribution in [1.29, 1.82) is 0 Å². The molecule has 0 bridgehead atoms. The Morgan fingerprint density at radius 3 is 2.75 bits per heavy atom. The van der Waals surface area contributed by atoms with Crippen LogP contribution in [0.25, 0.3) is 0 Å². The lowest BCUT2D eigenvalue weighted by Crippen LogP contribution is -2.28. The van der Waals surface area contributed by atoms with Crippen LogP contribution in [-0.4, -0.2) is 46.7 Å². The molecule has 3 rings (SSSR count). The van der Waals surface area contributed by atoms with E-state index in [0.29, 0.717) is 29.8 Å². The molecule has 1 saturated carbocycles. The predicted octanol–water partition coefficient (Wildman–Crippen LogP) is 4.27. The summed E-state index contributed by atoms with van der Waals surface area (Å²) in [6.07, 6.45) is 0.967. The molecular weight excluding hydrogens is 443 g/mol. The Morgan fingerprint density at radius 1 is 1.25 bits per heavy atom. The van der Waals surface area contributed by atoms with Gasteiger partial charge in [-0.25, -0.2) is 0 Å². The second-order valence-corrected chi connectivity index (χ2v) is 8.57. The summed E-state index contributed by atoms with van der Waals surface area (Å²) in [6, 6.07) is 5.32. The summed E-state index contributed by atoms with van der Waals surface area (Å²) >= 11 is 1.32. The lowest BCUT2D eigenvalue weighted by atomic mass is 9.95. The van der Waals surface area contributed by atoms with E-state index in [0.717, 1.165) is 37.8 Å². The number of halogens is 3. The minimum atomic E-state index is -4.40.